The Bertz CT molecular complexity index is 398. The normalized spacial score (nSPS) is 13.4. The van der Waals surface area contributed by atoms with Crippen molar-refractivity contribution in [3.63, 3.8) is 0 Å². The number of hydrogen-bond donors (Lipinski definition) is 2. The molecule has 0 fully saturated rings. The summed E-state index contributed by atoms with van der Waals surface area (Å²) in [7, 11) is 0. The van der Waals surface area contributed by atoms with Crippen LogP contribution in [0.3, 0.4) is 0 Å². The number of alkyl halides is 3. The molecule has 0 bridgehead atoms. The number of aliphatic hydroxyl groups is 1. The summed E-state index contributed by atoms with van der Waals surface area (Å²) in [5.74, 6) is -1.25. The van der Waals surface area contributed by atoms with Crippen molar-refractivity contribution in [2.24, 2.45) is 0 Å². The fourth-order valence-electron chi connectivity index (χ4n) is 1.25. The first kappa shape index (κ1) is 15.0. The zero-order valence-electron chi connectivity index (χ0n) is 9.63. The van der Waals surface area contributed by atoms with E-state index in [0.29, 0.717) is 19.4 Å². The molecule has 1 rings (SSSR count). The third kappa shape index (κ3) is 5.05. The summed E-state index contributed by atoms with van der Waals surface area (Å²) in [6, 6.07) is 1.22. The van der Waals surface area contributed by atoms with Crippen LogP contribution >= 0.6 is 11.6 Å². The van der Waals surface area contributed by atoms with Crippen LogP contribution in [0.4, 0.5) is 19.0 Å². The first-order valence-electron chi connectivity index (χ1n) is 5.33. The van der Waals surface area contributed by atoms with Crippen molar-refractivity contribution in [2.75, 3.05) is 11.9 Å². The van der Waals surface area contributed by atoms with Crippen LogP contribution in [0.25, 0.3) is 0 Å². The van der Waals surface area contributed by atoms with E-state index in [-0.39, 0.29) is 11.0 Å². The third-order valence-corrected chi connectivity index (χ3v) is 2.25. The minimum atomic E-state index is -4.62. The van der Waals surface area contributed by atoms with E-state index in [9.17, 15) is 13.2 Å². The van der Waals surface area contributed by atoms with Gasteiger partial charge in [0.2, 0.25) is 5.82 Å². The smallest absolute Gasteiger partial charge is 0.393 e. The summed E-state index contributed by atoms with van der Waals surface area (Å²) in [5.41, 5.74) is 0. The molecule has 0 saturated heterocycles. The Hall–Kier alpha value is -1.08. The molecule has 0 spiro atoms. The van der Waals surface area contributed by atoms with Crippen LogP contribution in [0.15, 0.2) is 6.07 Å². The number of anilines is 1. The lowest BCUT2D eigenvalue weighted by Gasteiger charge is -2.10. The molecule has 1 atom stereocenters. The standard InChI is InChI=1S/C10H13ClF3N3O/c1-6(18)3-2-4-15-8-5-7(11)16-9(17-8)10(12,13)14/h5-6,18H,2-4H2,1H3,(H,15,16,17). The summed E-state index contributed by atoms with van der Waals surface area (Å²) in [4.78, 5) is 6.44. The average Bonchev–Trinajstić information content (AvgIpc) is 2.22. The van der Waals surface area contributed by atoms with Gasteiger partial charge in [-0.15, -0.1) is 0 Å². The first-order valence-corrected chi connectivity index (χ1v) is 5.70. The number of rotatable bonds is 5. The van der Waals surface area contributed by atoms with Crippen molar-refractivity contribution in [3.8, 4) is 0 Å². The summed E-state index contributed by atoms with van der Waals surface area (Å²) in [5, 5.41) is 11.5. The van der Waals surface area contributed by atoms with Crippen LogP contribution in [0.2, 0.25) is 5.15 Å². The molecule has 4 nitrogen and oxygen atoms in total. The maximum atomic E-state index is 12.4. The van der Waals surface area contributed by atoms with Gasteiger partial charge in [-0.1, -0.05) is 11.6 Å². The largest absolute Gasteiger partial charge is 0.451 e. The Kier molecular flexibility index (Phi) is 5.15. The molecule has 1 aromatic rings. The lowest BCUT2D eigenvalue weighted by atomic mass is 10.2. The highest BCUT2D eigenvalue weighted by molar-refractivity contribution is 6.29. The molecule has 1 heterocycles. The molecule has 8 heteroatoms. The van der Waals surface area contributed by atoms with Gasteiger partial charge in [0.15, 0.2) is 0 Å². The molecule has 0 radical (unpaired) electrons. The Morgan fingerprint density at radius 1 is 1.44 bits per heavy atom. The van der Waals surface area contributed by atoms with E-state index in [1.165, 1.54) is 6.07 Å². The van der Waals surface area contributed by atoms with Gasteiger partial charge in [0.1, 0.15) is 11.0 Å². The number of nitrogens with zero attached hydrogens (tertiary/aromatic N) is 2. The van der Waals surface area contributed by atoms with Crippen molar-refractivity contribution in [2.45, 2.75) is 32.0 Å². The summed E-state index contributed by atoms with van der Waals surface area (Å²) in [6.45, 7) is 2.04. The number of aromatic nitrogens is 2. The second-order valence-electron chi connectivity index (χ2n) is 3.82. The van der Waals surface area contributed by atoms with Gasteiger partial charge in [-0.25, -0.2) is 9.97 Å². The molecule has 0 aromatic carbocycles. The van der Waals surface area contributed by atoms with Gasteiger partial charge >= 0.3 is 6.18 Å². The van der Waals surface area contributed by atoms with E-state index < -0.39 is 18.1 Å². The van der Waals surface area contributed by atoms with Crippen molar-refractivity contribution in [1.29, 1.82) is 0 Å². The molecule has 0 aliphatic carbocycles. The second kappa shape index (κ2) is 6.19. The lowest BCUT2D eigenvalue weighted by molar-refractivity contribution is -0.144. The molecular weight excluding hydrogens is 271 g/mol. The molecule has 1 aromatic heterocycles. The van der Waals surface area contributed by atoms with E-state index in [1.54, 1.807) is 6.92 Å². The Morgan fingerprint density at radius 3 is 2.67 bits per heavy atom. The number of hydrogen-bond acceptors (Lipinski definition) is 4. The van der Waals surface area contributed by atoms with E-state index in [0.717, 1.165) is 0 Å². The molecule has 0 amide bonds. The maximum absolute atomic E-state index is 12.4. The summed E-state index contributed by atoms with van der Waals surface area (Å²) < 4.78 is 37.2. The van der Waals surface area contributed by atoms with Crippen LogP contribution in [0, 0.1) is 0 Å². The quantitative estimate of drug-likeness (QED) is 0.644. The number of aliphatic hydroxyl groups excluding tert-OH is 1. The molecular formula is C10H13ClF3N3O. The SMILES string of the molecule is CC(O)CCCNc1cc(Cl)nc(C(F)(F)F)n1. The van der Waals surface area contributed by atoms with Gasteiger partial charge in [0, 0.05) is 12.6 Å². The number of halogens is 4. The van der Waals surface area contributed by atoms with Gasteiger partial charge in [-0.3, -0.25) is 0 Å². The van der Waals surface area contributed by atoms with Gasteiger partial charge in [-0.05, 0) is 19.8 Å². The van der Waals surface area contributed by atoms with Gasteiger partial charge in [0.05, 0.1) is 6.10 Å². The topological polar surface area (TPSA) is 58.0 Å². The highest BCUT2D eigenvalue weighted by Gasteiger charge is 2.35. The highest BCUT2D eigenvalue weighted by Crippen LogP contribution is 2.28. The van der Waals surface area contributed by atoms with E-state index in [1.807, 2.05) is 0 Å². The molecule has 18 heavy (non-hydrogen) atoms. The summed E-state index contributed by atoms with van der Waals surface area (Å²) in [6.07, 6.45) is -3.90. The Morgan fingerprint density at radius 2 is 2.11 bits per heavy atom. The van der Waals surface area contributed by atoms with Crippen molar-refractivity contribution in [3.05, 3.63) is 17.0 Å². The van der Waals surface area contributed by atoms with Crippen molar-refractivity contribution >= 4 is 17.4 Å². The zero-order chi connectivity index (χ0) is 13.8. The monoisotopic (exact) mass is 283 g/mol. The van der Waals surface area contributed by atoms with Crippen molar-refractivity contribution in [1.82, 2.24) is 9.97 Å². The average molecular weight is 284 g/mol. The van der Waals surface area contributed by atoms with Gasteiger partial charge in [0.25, 0.3) is 0 Å². The molecule has 0 aliphatic rings. The number of nitrogens with one attached hydrogen (secondary N) is 1. The molecule has 102 valence electrons. The zero-order valence-corrected chi connectivity index (χ0v) is 10.4. The Balaban J connectivity index is 2.63. The van der Waals surface area contributed by atoms with Crippen LogP contribution < -0.4 is 5.32 Å². The van der Waals surface area contributed by atoms with Crippen LogP contribution in [-0.2, 0) is 6.18 Å². The maximum Gasteiger partial charge on any atom is 0.451 e. The molecule has 1 unspecified atom stereocenters. The predicted molar refractivity (Wildman–Crippen MR) is 61.4 cm³/mol. The van der Waals surface area contributed by atoms with Crippen molar-refractivity contribution < 1.29 is 18.3 Å². The fourth-order valence-corrected chi connectivity index (χ4v) is 1.43. The first-order chi connectivity index (χ1) is 8.29. The minimum Gasteiger partial charge on any atom is -0.393 e. The van der Waals surface area contributed by atoms with Crippen LogP contribution in [-0.4, -0.2) is 27.7 Å². The minimum absolute atomic E-state index is 0.0212. The fraction of sp³-hybridized carbons (Fsp3) is 0.600. The van der Waals surface area contributed by atoms with Crippen LogP contribution in [0.1, 0.15) is 25.6 Å². The van der Waals surface area contributed by atoms with E-state index in [4.69, 9.17) is 16.7 Å². The third-order valence-electron chi connectivity index (χ3n) is 2.05. The van der Waals surface area contributed by atoms with E-state index in [2.05, 4.69) is 15.3 Å². The van der Waals surface area contributed by atoms with E-state index >= 15 is 0 Å². The molecule has 0 aliphatic heterocycles. The highest BCUT2D eigenvalue weighted by atomic mass is 35.5. The molecule has 0 saturated carbocycles. The molecule has 2 N–H and O–H groups in total. The van der Waals surface area contributed by atoms with Gasteiger partial charge < -0.3 is 10.4 Å². The van der Waals surface area contributed by atoms with Crippen LogP contribution in [0.5, 0.6) is 0 Å². The Labute approximate surface area is 107 Å². The summed E-state index contributed by atoms with van der Waals surface area (Å²) >= 11 is 5.49. The van der Waals surface area contributed by atoms with Gasteiger partial charge in [-0.2, -0.15) is 13.2 Å². The second-order valence-corrected chi connectivity index (χ2v) is 4.20. The lowest BCUT2D eigenvalue weighted by Crippen LogP contribution is -2.14. The predicted octanol–water partition coefficient (Wildman–Crippen LogP) is 2.72.